The number of ether oxygens (including phenoxy) is 2. The molecule has 1 rings (SSSR count). The molecule has 21 heavy (non-hydrogen) atoms. The minimum atomic E-state index is -2.94. The topological polar surface area (TPSA) is 59.0 Å². The number of carboxylic acid groups (broad SMARTS) is 1. The molecule has 0 aliphatic heterocycles. The van der Waals surface area contributed by atoms with Gasteiger partial charge in [-0.1, -0.05) is 13.0 Å². The predicted octanol–water partition coefficient (Wildman–Crippen LogP) is 2.59. The van der Waals surface area contributed by atoms with Gasteiger partial charge in [-0.05, 0) is 30.7 Å². The number of hydrogen-bond acceptors (Lipinski definition) is 4. The van der Waals surface area contributed by atoms with Crippen LogP contribution in [0.1, 0.15) is 18.9 Å². The average molecular weight is 303 g/mol. The van der Waals surface area contributed by atoms with Crippen molar-refractivity contribution in [3.8, 4) is 11.5 Å². The quantitative estimate of drug-likeness (QED) is 0.760. The lowest BCUT2D eigenvalue weighted by Gasteiger charge is -2.20. The predicted molar refractivity (Wildman–Crippen MR) is 72.8 cm³/mol. The first-order chi connectivity index (χ1) is 9.96. The van der Waals surface area contributed by atoms with Gasteiger partial charge in [-0.2, -0.15) is 8.78 Å². The van der Waals surface area contributed by atoms with E-state index in [1.807, 2.05) is 6.92 Å². The number of hydrogen-bond donors (Lipinski definition) is 1. The molecule has 0 spiro atoms. The van der Waals surface area contributed by atoms with E-state index >= 15 is 0 Å². The van der Waals surface area contributed by atoms with Crippen molar-refractivity contribution in [1.29, 1.82) is 0 Å². The van der Waals surface area contributed by atoms with Crippen LogP contribution in [0.25, 0.3) is 0 Å². The Balaban J connectivity index is 2.88. The fourth-order valence-corrected chi connectivity index (χ4v) is 1.99. The summed E-state index contributed by atoms with van der Waals surface area (Å²) in [6, 6.07) is 4.66. The fourth-order valence-electron chi connectivity index (χ4n) is 1.99. The summed E-state index contributed by atoms with van der Waals surface area (Å²) in [6.45, 7) is -0.174. The monoisotopic (exact) mass is 303 g/mol. The molecule has 0 saturated carbocycles. The smallest absolute Gasteiger partial charge is 0.387 e. The highest BCUT2D eigenvalue weighted by Crippen LogP contribution is 2.29. The van der Waals surface area contributed by atoms with Crippen LogP contribution in [0.3, 0.4) is 0 Å². The summed E-state index contributed by atoms with van der Waals surface area (Å²) >= 11 is 0. The zero-order valence-corrected chi connectivity index (χ0v) is 12.0. The maximum Gasteiger partial charge on any atom is 0.387 e. The molecule has 1 N–H and O–H groups in total. The summed E-state index contributed by atoms with van der Waals surface area (Å²) in [5.74, 6) is -0.780. The molecule has 0 radical (unpaired) electrons. The molecule has 0 bridgehead atoms. The molecule has 0 atom stereocenters. The number of rotatable bonds is 9. The highest BCUT2D eigenvalue weighted by atomic mass is 19.3. The minimum absolute atomic E-state index is 0.0585. The SMILES string of the molecule is CCCN(CC(=O)O)Cc1ccc(OC)c(OC(F)F)c1. The van der Waals surface area contributed by atoms with E-state index in [-0.39, 0.29) is 18.0 Å². The largest absolute Gasteiger partial charge is 0.493 e. The van der Waals surface area contributed by atoms with Gasteiger partial charge in [0.05, 0.1) is 13.7 Å². The van der Waals surface area contributed by atoms with Gasteiger partial charge in [0, 0.05) is 6.54 Å². The lowest BCUT2D eigenvalue weighted by molar-refractivity contribution is -0.138. The van der Waals surface area contributed by atoms with Crippen molar-refractivity contribution in [3.05, 3.63) is 23.8 Å². The van der Waals surface area contributed by atoms with Crippen LogP contribution in [0.2, 0.25) is 0 Å². The molecule has 5 nitrogen and oxygen atoms in total. The van der Waals surface area contributed by atoms with Crippen LogP contribution >= 0.6 is 0 Å². The van der Waals surface area contributed by atoms with Gasteiger partial charge >= 0.3 is 12.6 Å². The summed E-state index contributed by atoms with van der Waals surface area (Å²) in [7, 11) is 1.36. The van der Waals surface area contributed by atoms with Crippen LogP contribution < -0.4 is 9.47 Å². The lowest BCUT2D eigenvalue weighted by atomic mass is 10.2. The Bertz CT molecular complexity index is 468. The number of carboxylic acids is 1. The van der Waals surface area contributed by atoms with E-state index in [1.165, 1.54) is 19.2 Å². The molecule has 0 unspecified atom stereocenters. The minimum Gasteiger partial charge on any atom is -0.493 e. The van der Waals surface area contributed by atoms with Gasteiger partial charge in [-0.25, -0.2) is 0 Å². The summed E-state index contributed by atoms with van der Waals surface area (Å²) in [6.07, 6.45) is 0.795. The summed E-state index contributed by atoms with van der Waals surface area (Å²) in [4.78, 5) is 12.5. The van der Waals surface area contributed by atoms with E-state index < -0.39 is 12.6 Å². The molecular formula is C14H19F2NO4. The van der Waals surface area contributed by atoms with E-state index in [9.17, 15) is 13.6 Å². The van der Waals surface area contributed by atoms with Crippen molar-refractivity contribution in [2.24, 2.45) is 0 Å². The van der Waals surface area contributed by atoms with Gasteiger partial charge in [-0.3, -0.25) is 9.69 Å². The highest BCUT2D eigenvalue weighted by Gasteiger charge is 2.14. The van der Waals surface area contributed by atoms with Crippen LogP contribution in [0.5, 0.6) is 11.5 Å². The Hall–Kier alpha value is -1.89. The van der Waals surface area contributed by atoms with Crippen molar-refractivity contribution in [2.45, 2.75) is 26.5 Å². The molecule has 1 aromatic rings. The molecule has 0 heterocycles. The third-order valence-electron chi connectivity index (χ3n) is 2.75. The number of carbonyl (C=O) groups is 1. The van der Waals surface area contributed by atoms with E-state index in [0.717, 1.165) is 6.42 Å². The van der Waals surface area contributed by atoms with Crippen LogP contribution in [0, 0.1) is 0 Å². The number of methoxy groups -OCH3 is 1. The lowest BCUT2D eigenvalue weighted by Crippen LogP contribution is -2.30. The number of alkyl halides is 2. The van der Waals surface area contributed by atoms with Crippen molar-refractivity contribution in [2.75, 3.05) is 20.2 Å². The molecule has 0 fully saturated rings. The second-order valence-electron chi connectivity index (χ2n) is 4.47. The van der Waals surface area contributed by atoms with Crippen molar-refractivity contribution < 1.29 is 28.2 Å². The molecule has 7 heteroatoms. The Labute approximate surface area is 122 Å². The number of halogens is 2. The third-order valence-corrected chi connectivity index (χ3v) is 2.75. The molecule has 0 aliphatic carbocycles. The summed E-state index contributed by atoms with van der Waals surface area (Å²) in [5.41, 5.74) is 0.682. The van der Waals surface area contributed by atoms with E-state index in [2.05, 4.69) is 4.74 Å². The number of nitrogens with zero attached hydrogens (tertiary/aromatic N) is 1. The molecule has 118 valence electrons. The molecule has 0 aromatic heterocycles. The molecule has 0 amide bonds. The number of aliphatic carboxylic acids is 1. The fraction of sp³-hybridized carbons (Fsp3) is 0.500. The second-order valence-corrected chi connectivity index (χ2v) is 4.47. The first-order valence-corrected chi connectivity index (χ1v) is 6.52. The van der Waals surface area contributed by atoms with Gasteiger partial charge < -0.3 is 14.6 Å². The van der Waals surface area contributed by atoms with Crippen LogP contribution in [-0.2, 0) is 11.3 Å². The van der Waals surface area contributed by atoms with Crippen LogP contribution in [0.4, 0.5) is 8.78 Å². The molecule has 0 aliphatic rings. The van der Waals surface area contributed by atoms with Crippen LogP contribution in [0.15, 0.2) is 18.2 Å². The standard InChI is InChI=1S/C14H19F2NO4/c1-3-6-17(9-13(18)19)8-10-4-5-11(20-2)12(7-10)21-14(15)16/h4-5,7,14H,3,6,8-9H2,1-2H3,(H,18,19). The van der Waals surface area contributed by atoms with Gasteiger partial charge in [0.2, 0.25) is 0 Å². The Morgan fingerprint density at radius 3 is 2.62 bits per heavy atom. The molecule has 1 aromatic carbocycles. The van der Waals surface area contributed by atoms with E-state index in [0.29, 0.717) is 18.7 Å². The highest BCUT2D eigenvalue weighted by molar-refractivity contribution is 5.69. The van der Waals surface area contributed by atoms with Gasteiger partial charge in [0.15, 0.2) is 11.5 Å². The Morgan fingerprint density at radius 1 is 1.38 bits per heavy atom. The van der Waals surface area contributed by atoms with E-state index in [1.54, 1.807) is 11.0 Å². The van der Waals surface area contributed by atoms with Gasteiger partial charge in [0.25, 0.3) is 0 Å². The zero-order valence-electron chi connectivity index (χ0n) is 12.0. The maximum absolute atomic E-state index is 12.4. The molecule has 0 saturated heterocycles. The summed E-state index contributed by atoms with van der Waals surface area (Å²) in [5, 5.41) is 8.86. The Kier molecular flexibility index (Phi) is 6.87. The van der Waals surface area contributed by atoms with Crippen molar-refractivity contribution in [1.82, 2.24) is 4.90 Å². The average Bonchev–Trinajstić information content (AvgIpc) is 2.38. The van der Waals surface area contributed by atoms with Crippen LogP contribution in [-0.4, -0.2) is 42.8 Å². The second kappa shape index (κ2) is 8.41. The van der Waals surface area contributed by atoms with Gasteiger partial charge in [0.1, 0.15) is 0 Å². The molecular weight excluding hydrogens is 284 g/mol. The number of benzene rings is 1. The maximum atomic E-state index is 12.4. The first-order valence-electron chi connectivity index (χ1n) is 6.52. The van der Waals surface area contributed by atoms with Crippen molar-refractivity contribution >= 4 is 5.97 Å². The summed E-state index contributed by atoms with van der Waals surface area (Å²) < 4.78 is 34.1. The van der Waals surface area contributed by atoms with Gasteiger partial charge in [-0.15, -0.1) is 0 Å². The Morgan fingerprint density at radius 2 is 2.10 bits per heavy atom. The zero-order chi connectivity index (χ0) is 15.8. The third kappa shape index (κ3) is 5.95. The van der Waals surface area contributed by atoms with Crippen molar-refractivity contribution in [3.63, 3.8) is 0 Å². The normalized spacial score (nSPS) is 11.0. The first kappa shape index (κ1) is 17.2. The van der Waals surface area contributed by atoms with E-state index in [4.69, 9.17) is 9.84 Å².